The predicted octanol–water partition coefficient (Wildman–Crippen LogP) is 2.08. The molecule has 1 aliphatic rings. The van der Waals surface area contributed by atoms with E-state index in [1.165, 1.54) is 0 Å². The summed E-state index contributed by atoms with van der Waals surface area (Å²) in [6.07, 6.45) is 3.85. The summed E-state index contributed by atoms with van der Waals surface area (Å²) in [5.74, 6) is 2.13. The van der Waals surface area contributed by atoms with Crippen molar-refractivity contribution >= 4 is 23.4 Å². The van der Waals surface area contributed by atoms with Crippen LogP contribution in [0.2, 0.25) is 0 Å². The molecule has 5 nitrogen and oxygen atoms in total. The smallest absolute Gasteiger partial charge is 0.272 e. The lowest BCUT2D eigenvalue weighted by molar-refractivity contribution is 0.0929. The lowest BCUT2D eigenvalue weighted by atomic mass is 10.1. The number of carbonyl (C=O) groups excluding carboxylic acids is 1. The van der Waals surface area contributed by atoms with Gasteiger partial charge in [-0.2, -0.15) is 16.9 Å². The topological polar surface area (TPSA) is 72.9 Å². The summed E-state index contributed by atoms with van der Waals surface area (Å²) in [5, 5.41) is 7.39. The molecule has 1 aromatic heterocycles. The summed E-state index contributed by atoms with van der Waals surface area (Å²) in [6, 6.07) is 9.43. The van der Waals surface area contributed by atoms with Crippen molar-refractivity contribution in [3.8, 4) is 5.69 Å². The first kappa shape index (κ1) is 14.0. The van der Waals surface area contributed by atoms with Crippen LogP contribution in [0.4, 0.5) is 5.69 Å². The highest BCUT2D eigenvalue weighted by Gasteiger charge is 2.18. The molecular formula is C15H18N4OS. The largest absolute Gasteiger partial charge is 0.399 e. The fraction of sp³-hybridized carbons (Fsp3) is 0.333. The Balaban J connectivity index is 1.70. The Labute approximate surface area is 127 Å². The average Bonchev–Trinajstić information content (AvgIpc) is 2.98. The van der Waals surface area contributed by atoms with Gasteiger partial charge < -0.3 is 11.1 Å². The number of nitrogen functional groups attached to an aromatic ring is 1. The fourth-order valence-electron chi connectivity index (χ4n) is 2.36. The van der Waals surface area contributed by atoms with Crippen LogP contribution < -0.4 is 11.1 Å². The highest BCUT2D eigenvalue weighted by atomic mass is 32.2. The van der Waals surface area contributed by atoms with Gasteiger partial charge in [-0.15, -0.1) is 0 Å². The maximum atomic E-state index is 12.2. The number of anilines is 1. The van der Waals surface area contributed by atoms with Crippen LogP contribution in [0.1, 0.15) is 23.3 Å². The van der Waals surface area contributed by atoms with Gasteiger partial charge in [-0.1, -0.05) is 6.07 Å². The number of hydrogen-bond acceptors (Lipinski definition) is 4. The number of aromatic nitrogens is 2. The van der Waals surface area contributed by atoms with E-state index in [9.17, 15) is 4.79 Å². The maximum Gasteiger partial charge on any atom is 0.272 e. The quantitative estimate of drug-likeness (QED) is 0.851. The average molecular weight is 302 g/mol. The van der Waals surface area contributed by atoms with Crippen LogP contribution in [0, 0.1) is 0 Å². The van der Waals surface area contributed by atoms with Crippen molar-refractivity contribution < 1.29 is 4.79 Å². The second kappa shape index (κ2) is 6.22. The summed E-state index contributed by atoms with van der Waals surface area (Å²) in [5.41, 5.74) is 7.73. The number of thioether (sulfide) groups is 1. The minimum absolute atomic E-state index is 0.102. The van der Waals surface area contributed by atoms with Gasteiger partial charge in [0.15, 0.2) is 5.69 Å². The first-order chi connectivity index (χ1) is 10.2. The van der Waals surface area contributed by atoms with Crippen molar-refractivity contribution in [2.24, 2.45) is 0 Å². The summed E-state index contributed by atoms with van der Waals surface area (Å²) in [7, 11) is 0. The summed E-state index contributed by atoms with van der Waals surface area (Å²) < 4.78 is 1.67. The van der Waals surface area contributed by atoms with Gasteiger partial charge in [0, 0.05) is 17.9 Å². The van der Waals surface area contributed by atoms with E-state index in [0.29, 0.717) is 11.4 Å². The summed E-state index contributed by atoms with van der Waals surface area (Å²) in [6.45, 7) is 0. The molecule has 0 unspecified atom stereocenters. The third-order valence-corrected chi connectivity index (χ3v) is 4.56. The molecule has 1 aromatic carbocycles. The van der Waals surface area contributed by atoms with Crippen LogP contribution >= 0.6 is 11.8 Å². The van der Waals surface area contributed by atoms with Crippen LogP contribution in [0.15, 0.2) is 36.5 Å². The Kier molecular flexibility index (Phi) is 4.15. The van der Waals surface area contributed by atoms with E-state index in [2.05, 4.69) is 10.4 Å². The Morgan fingerprint density at radius 2 is 2.14 bits per heavy atom. The normalized spacial score (nSPS) is 15.8. The third kappa shape index (κ3) is 3.39. The van der Waals surface area contributed by atoms with E-state index in [-0.39, 0.29) is 11.9 Å². The second-order valence-electron chi connectivity index (χ2n) is 5.10. The minimum atomic E-state index is -0.102. The molecule has 0 radical (unpaired) electrons. The van der Waals surface area contributed by atoms with Gasteiger partial charge in [-0.3, -0.25) is 4.79 Å². The predicted molar refractivity (Wildman–Crippen MR) is 85.8 cm³/mol. The van der Waals surface area contributed by atoms with Crippen LogP contribution in [0.5, 0.6) is 0 Å². The van der Waals surface area contributed by atoms with E-state index in [4.69, 9.17) is 5.73 Å². The van der Waals surface area contributed by atoms with Gasteiger partial charge in [0.05, 0.1) is 5.69 Å². The monoisotopic (exact) mass is 302 g/mol. The van der Waals surface area contributed by atoms with Gasteiger partial charge in [-0.05, 0) is 48.6 Å². The molecule has 21 heavy (non-hydrogen) atoms. The molecular weight excluding hydrogens is 284 g/mol. The highest BCUT2D eigenvalue weighted by molar-refractivity contribution is 7.99. The molecule has 110 valence electrons. The second-order valence-corrected chi connectivity index (χ2v) is 6.33. The number of rotatable bonds is 3. The van der Waals surface area contributed by atoms with E-state index < -0.39 is 0 Å². The SMILES string of the molecule is Nc1cccc(-n2ccc(C(=O)NC3CCSCC3)n2)c1. The molecule has 0 atom stereocenters. The summed E-state index contributed by atoms with van der Waals surface area (Å²) >= 11 is 1.94. The van der Waals surface area contributed by atoms with Gasteiger partial charge in [0.25, 0.3) is 5.91 Å². The minimum Gasteiger partial charge on any atom is -0.399 e. The number of benzene rings is 1. The van der Waals surface area contributed by atoms with Crippen LogP contribution in [0.3, 0.4) is 0 Å². The third-order valence-electron chi connectivity index (χ3n) is 3.51. The molecule has 1 fully saturated rings. The van der Waals surface area contributed by atoms with Crippen LogP contribution in [0.25, 0.3) is 5.69 Å². The number of carbonyl (C=O) groups is 1. The van der Waals surface area contributed by atoms with E-state index >= 15 is 0 Å². The molecule has 3 rings (SSSR count). The molecule has 2 heterocycles. The van der Waals surface area contributed by atoms with Gasteiger partial charge in [0.2, 0.25) is 0 Å². The Morgan fingerprint density at radius 3 is 2.90 bits per heavy atom. The fourth-order valence-corrected chi connectivity index (χ4v) is 3.46. The molecule has 1 aliphatic heterocycles. The Hall–Kier alpha value is -1.95. The molecule has 0 bridgehead atoms. The molecule has 6 heteroatoms. The summed E-state index contributed by atoms with van der Waals surface area (Å²) in [4.78, 5) is 12.2. The standard InChI is InChI=1S/C15H18N4OS/c16-11-2-1-3-13(10-11)19-7-4-14(18-19)15(20)17-12-5-8-21-9-6-12/h1-4,7,10,12H,5-6,8-9,16H2,(H,17,20). The van der Waals surface area contributed by atoms with Crippen molar-refractivity contribution in [1.29, 1.82) is 0 Å². The molecule has 0 saturated carbocycles. The lowest BCUT2D eigenvalue weighted by Crippen LogP contribution is -2.37. The molecule has 1 saturated heterocycles. The first-order valence-electron chi connectivity index (χ1n) is 7.02. The van der Waals surface area contributed by atoms with Crippen LogP contribution in [-0.4, -0.2) is 33.2 Å². The molecule has 0 aliphatic carbocycles. The van der Waals surface area contributed by atoms with E-state index in [1.807, 2.05) is 36.0 Å². The number of nitrogens with two attached hydrogens (primary N) is 1. The molecule has 2 aromatic rings. The zero-order valence-corrected chi connectivity index (χ0v) is 12.5. The molecule has 1 amide bonds. The lowest BCUT2D eigenvalue weighted by Gasteiger charge is -2.21. The molecule has 3 N–H and O–H groups in total. The van der Waals surface area contributed by atoms with Crippen molar-refractivity contribution in [2.75, 3.05) is 17.2 Å². The van der Waals surface area contributed by atoms with Crippen molar-refractivity contribution in [2.45, 2.75) is 18.9 Å². The van der Waals surface area contributed by atoms with Gasteiger partial charge in [-0.25, -0.2) is 4.68 Å². The number of amides is 1. The number of nitrogens with one attached hydrogen (secondary N) is 1. The van der Waals surface area contributed by atoms with Crippen LogP contribution in [-0.2, 0) is 0 Å². The molecule has 0 spiro atoms. The van der Waals surface area contributed by atoms with Crippen molar-refractivity contribution in [3.63, 3.8) is 0 Å². The Morgan fingerprint density at radius 1 is 1.33 bits per heavy atom. The number of nitrogens with zero attached hydrogens (tertiary/aromatic N) is 2. The van der Waals surface area contributed by atoms with E-state index in [0.717, 1.165) is 30.0 Å². The highest BCUT2D eigenvalue weighted by Crippen LogP contribution is 2.17. The first-order valence-corrected chi connectivity index (χ1v) is 8.18. The van der Waals surface area contributed by atoms with Crippen molar-refractivity contribution in [3.05, 3.63) is 42.2 Å². The Bertz CT molecular complexity index is 634. The van der Waals surface area contributed by atoms with Gasteiger partial charge >= 0.3 is 0 Å². The maximum absolute atomic E-state index is 12.2. The zero-order valence-electron chi connectivity index (χ0n) is 11.7. The number of hydrogen-bond donors (Lipinski definition) is 2. The van der Waals surface area contributed by atoms with Crippen molar-refractivity contribution in [1.82, 2.24) is 15.1 Å². The zero-order chi connectivity index (χ0) is 14.7. The van der Waals surface area contributed by atoms with Gasteiger partial charge in [0.1, 0.15) is 0 Å². The van der Waals surface area contributed by atoms with E-state index in [1.54, 1.807) is 16.9 Å².